The van der Waals surface area contributed by atoms with E-state index in [1.54, 1.807) is 13.1 Å². The highest BCUT2D eigenvalue weighted by Gasteiger charge is 2.36. The molecule has 1 fully saturated rings. The number of carbonyl (C=O) groups is 2. The first-order valence-electron chi connectivity index (χ1n) is 15.5. The van der Waals surface area contributed by atoms with Gasteiger partial charge < -0.3 is 19.1 Å². The van der Waals surface area contributed by atoms with Gasteiger partial charge in [-0.15, -0.1) is 0 Å². The molecule has 1 aliphatic carbocycles. The molecule has 4 aliphatic rings. The lowest BCUT2D eigenvalue weighted by molar-refractivity contribution is -0.129. The average Bonchev–Trinajstić information content (AvgIpc) is 3.49. The largest absolute Gasteiger partial charge is 0.465 e. The van der Waals surface area contributed by atoms with Crippen LogP contribution in [-0.2, 0) is 33.8 Å². The number of esters is 1. The number of rotatable bonds is 7. The van der Waals surface area contributed by atoms with E-state index in [0.29, 0.717) is 18.3 Å². The third-order valence-corrected chi connectivity index (χ3v) is 8.99. The van der Waals surface area contributed by atoms with Crippen molar-refractivity contribution in [1.29, 1.82) is 0 Å². The van der Waals surface area contributed by atoms with Crippen LogP contribution in [0, 0.1) is 5.92 Å². The van der Waals surface area contributed by atoms with E-state index in [9.17, 15) is 9.59 Å². The summed E-state index contributed by atoms with van der Waals surface area (Å²) in [4.78, 5) is 43.4. The summed E-state index contributed by atoms with van der Waals surface area (Å²) in [5.41, 5.74) is 7.31. The number of carbonyl (C=O) groups excluding carboxylic acids is 2. The van der Waals surface area contributed by atoms with Gasteiger partial charge in [0.15, 0.2) is 0 Å². The van der Waals surface area contributed by atoms with Crippen LogP contribution in [0.3, 0.4) is 0 Å². The zero-order valence-electron chi connectivity index (χ0n) is 25.8. The minimum atomic E-state index is -0.508. The summed E-state index contributed by atoms with van der Waals surface area (Å²) in [6, 6.07) is 4.31. The van der Waals surface area contributed by atoms with Gasteiger partial charge in [0.2, 0.25) is 5.91 Å². The van der Waals surface area contributed by atoms with Crippen LogP contribution in [0.25, 0.3) is 5.70 Å². The molecule has 2 atom stereocenters. The Bertz CT molecular complexity index is 1750. The maximum absolute atomic E-state index is 12.4. The molecular weight excluding hydrogens is 586 g/mol. The fourth-order valence-electron chi connectivity index (χ4n) is 6.48. The Morgan fingerprint density at radius 3 is 2.63 bits per heavy atom. The lowest BCUT2D eigenvalue weighted by Crippen LogP contribution is -2.35. The van der Waals surface area contributed by atoms with Crippen LogP contribution in [0.1, 0.15) is 70.3 Å². The van der Waals surface area contributed by atoms with Gasteiger partial charge in [-0.1, -0.05) is 18.2 Å². The van der Waals surface area contributed by atoms with Gasteiger partial charge in [-0.2, -0.15) is 5.10 Å². The van der Waals surface area contributed by atoms with E-state index in [1.165, 1.54) is 30.8 Å². The van der Waals surface area contributed by atoms with Crippen molar-refractivity contribution in [3.05, 3.63) is 94.4 Å². The number of hydrogen-bond acceptors (Lipinski definition) is 10. The summed E-state index contributed by atoms with van der Waals surface area (Å²) in [5.74, 6) is -0.359. The van der Waals surface area contributed by atoms with E-state index in [-0.39, 0.29) is 35.9 Å². The third kappa shape index (κ3) is 5.87. The lowest BCUT2D eigenvalue weighted by atomic mass is 9.78. The number of hydrogen-bond donors (Lipinski definition) is 0. The second-order valence-corrected chi connectivity index (χ2v) is 11.8. The first-order valence-corrected chi connectivity index (χ1v) is 15.5. The molecule has 1 amide bonds. The molecule has 0 aromatic carbocycles. The van der Waals surface area contributed by atoms with Crippen LogP contribution in [-0.4, -0.2) is 74.6 Å². The van der Waals surface area contributed by atoms with Crippen LogP contribution < -0.4 is 4.74 Å². The molecule has 12 heteroatoms. The standard InChI is InChI=1S/C34H35N7O5/c1-21(42)40-11-8-31-29(19-40)32(39-41(31)26-9-12-45-13-10-26)27-5-3-4-22-14-30(36-18-28(22)27)23-6-7-25(35-15-23)20-46-34-37-16-24(17-38-34)33(43)44-2/h3-7,14-18,26-28H,8-13,19-20H2,1-2H3. The molecule has 0 N–H and O–H groups in total. The van der Waals surface area contributed by atoms with Crippen molar-refractivity contribution < 1.29 is 23.8 Å². The van der Waals surface area contributed by atoms with E-state index < -0.39 is 5.97 Å². The van der Waals surface area contributed by atoms with Crippen LogP contribution in [0.5, 0.6) is 6.01 Å². The first kappa shape index (κ1) is 29.7. The summed E-state index contributed by atoms with van der Waals surface area (Å²) in [5, 5.41) is 5.28. The summed E-state index contributed by atoms with van der Waals surface area (Å²) < 4.78 is 18.2. The average molecular weight is 622 g/mol. The SMILES string of the molecule is COC(=O)c1cnc(OCc2ccc(C3=CC4=CC=CC(c5nn(C6CCOCC6)c6c5CN(C(C)=O)CC6)C4C=N3)cn2)nc1. The summed E-state index contributed by atoms with van der Waals surface area (Å²) in [7, 11) is 1.30. The number of fused-ring (bicyclic) bond motifs is 2. The summed E-state index contributed by atoms with van der Waals surface area (Å²) in [6.45, 7) is 4.62. The van der Waals surface area contributed by atoms with Gasteiger partial charge in [-0.05, 0) is 36.6 Å². The van der Waals surface area contributed by atoms with Gasteiger partial charge in [0.05, 0.1) is 35.8 Å². The van der Waals surface area contributed by atoms with Gasteiger partial charge in [-0.25, -0.2) is 14.8 Å². The Balaban J connectivity index is 1.07. The zero-order valence-corrected chi connectivity index (χ0v) is 25.8. The van der Waals surface area contributed by atoms with Gasteiger partial charge in [0.1, 0.15) is 6.61 Å². The number of nitrogens with zero attached hydrogens (tertiary/aromatic N) is 7. The molecule has 12 nitrogen and oxygen atoms in total. The summed E-state index contributed by atoms with van der Waals surface area (Å²) >= 11 is 0. The molecule has 236 valence electrons. The second-order valence-electron chi connectivity index (χ2n) is 11.8. The Kier molecular flexibility index (Phi) is 8.27. The number of amides is 1. The Labute approximate surface area is 266 Å². The predicted octanol–water partition coefficient (Wildman–Crippen LogP) is 4.01. The van der Waals surface area contributed by atoms with E-state index in [1.807, 2.05) is 23.2 Å². The van der Waals surface area contributed by atoms with Gasteiger partial charge in [0.25, 0.3) is 0 Å². The maximum atomic E-state index is 12.4. The minimum Gasteiger partial charge on any atom is -0.465 e. The Morgan fingerprint density at radius 2 is 1.89 bits per heavy atom. The number of ether oxygens (including phenoxy) is 3. The highest BCUT2D eigenvalue weighted by molar-refractivity contribution is 5.88. The lowest BCUT2D eigenvalue weighted by Gasteiger charge is -2.31. The van der Waals surface area contributed by atoms with E-state index >= 15 is 0 Å². The van der Waals surface area contributed by atoms with E-state index in [2.05, 4.69) is 48.7 Å². The van der Waals surface area contributed by atoms with Crippen molar-refractivity contribution in [3.8, 4) is 6.01 Å². The van der Waals surface area contributed by atoms with Crippen molar-refractivity contribution >= 4 is 23.8 Å². The third-order valence-electron chi connectivity index (χ3n) is 8.99. The first-order chi connectivity index (χ1) is 22.5. The highest BCUT2D eigenvalue weighted by Crippen LogP contribution is 2.41. The number of pyridine rings is 1. The number of aromatic nitrogens is 5. The van der Waals surface area contributed by atoms with Crippen molar-refractivity contribution in [2.24, 2.45) is 10.9 Å². The van der Waals surface area contributed by atoms with Gasteiger partial charge in [-0.3, -0.25) is 19.5 Å². The Morgan fingerprint density at radius 1 is 1.07 bits per heavy atom. The fraction of sp³-hybridized carbons (Fsp3) is 0.382. The van der Waals surface area contributed by atoms with Gasteiger partial charge >= 0.3 is 12.0 Å². The molecule has 6 heterocycles. The second kappa shape index (κ2) is 12.8. The van der Waals surface area contributed by atoms with Crippen LogP contribution in [0.4, 0.5) is 0 Å². The molecule has 1 saturated heterocycles. The molecule has 0 saturated carbocycles. The van der Waals surface area contributed by atoms with E-state index in [0.717, 1.165) is 61.5 Å². The molecule has 7 rings (SSSR count). The molecule has 0 bridgehead atoms. The topological polar surface area (TPSA) is 134 Å². The molecule has 3 aliphatic heterocycles. The molecule has 0 spiro atoms. The predicted molar refractivity (Wildman–Crippen MR) is 168 cm³/mol. The zero-order chi connectivity index (χ0) is 31.6. The molecule has 2 unspecified atom stereocenters. The van der Waals surface area contributed by atoms with Crippen molar-refractivity contribution in [1.82, 2.24) is 29.6 Å². The van der Waals surface area contributed by atoms with Crippen molar-refractivity contribution in [2.45, 2.75) is 51.3 Å². The van der Waals surface area contributed by atoms with Gasteiger partial charge in [0, 0.05) is 93.1 Å². The minimum absolute atomic E-state index is 0.0184. The smallest absolute Gasteiger partial charge is 0.341 e. The van der Waals surface area contributed by atoms with Crippen molar-refractivity contribution in [2.75, 3.05) is 26.9 Å². The van der Waals surface area contributed by atoms with Crippen LogP contribution in [0.2, 0.25) is 0 Å². The maximum Gasteiger partial charge on any atom is 0.341 e. The number of allylic oxidation sites excluding steroid dienone is 5. The normalized spacial score (nSPS) is 20.8. The summed E-state index contributed by atoms with van der Waals surface area (Å²) in [6.07, 6.45) is 17.8. The number of methoxy groups -OCH3 is 1. The number of aliphatic imine (C=N–C) groups is 1. The van der Waals surface area contributed by atoms with E-state index in [4.69, 9.17) is 19.6 Å². The Hall–Kier alpha value is -4.97. The van der Waals surface area contributed by atoms with Crippen LogP contribution >= 0.6 is 0 Å². The quantitative estimate of drug-likeness (QED) is 0.359. The monoisotopic (exact) mass is 621 g/mol. The highest BCUT2D eigenvalue weighted by atomic mass is 16.5. The molecular formula is C34H35N7O5. The molecule has 0 radical (unpaired) electrons. The molecule has 3 aromatic heterocycles. The van der Waals surface area contributed by atoms with Crippen LogP contribution in [0.15, 0.2) is 65.6 Å². The fourth-order valence-corrected chi connectivity index (χ4v) is 6.48. The molecule has 3 aromatic rings. The molecule has 46 heavy (non-hydrogen) atoms. The van der Waals surface area contributed by atoms with Crippen molar-refractivity contribution in [3.63, 3.8) is 0 Å².